The number of fused-ring (bicyclic) bond motifs is 1. The molecule has 1 aromatic heterocycles. The third kappa shape index (κ3) is 4.47. The summed E-state index contributed by atoms with van der Waals surface area (Å²) in [6.45, 7) is 2.96. The molecular formula is C28H29FN4O2. The molecule has 6 rings (SSSR count). The van der Waals surface area contributed by atoms with Gasteiger partial charge in [0.1, 0.15) is 11.6 Å². The van der Waals surface area contributed by atoms with Gasteiger partial charge < -0.3 is 14.5 Å². The smallest absolute Gasteiger partial charge is 0.258 e. The maximum atomic E-state index is 14.9. The summed E-state index contributed by atoms with van der Waals surface area (Å²) < 4.78 is 20.6. The molecule has 0 N–H and O–H groups in total. The number of aromatic nitrogens is 2. The summed E-state index contributed by atoms with van der Waals surface area (Å²) in [6.07, 6.45) is 7.80. The predicted octanol–water partition coefficient (Wildman–Crippen LogP) is 5.01. The molecule has 7 heteroatoms. The predicted molar refractivity (Wildman–Crippen MR) is 132 cm³/mol. The summed E-state index contributed by atoms with van der Waals surface area (Å²) >= 11 is 0. The van der Waals surface area contributed by atoms with E-state index in [1.54, 1.807) is 24.4 Å². The van der Waals surface area contributed by atoms with Gasteiger partial charge in [-0.3, -0.25) is 4.79 Å². The van der Waals surface area contributed by atoms with E-state index in [-0.39, 0.29) is 17.8 Å². The van der Waals surface area contributed by atoms with Crippen LogP contribution in [-0.2, 0) is 13.0 Å². The fraction of sp³-hybridized carbons (Fsp3) is 0.393. The summed E-state index contributed by atoms with van der Waals surface area (Å²) in [4.78, 5) is 27.3. The summed E-state index contributed by atoms with van der Waals surface area (Å²) in [5.41, 5.74) is 3.32. The van der Waals surface area contributed by atoms with Crippen molar-refractivity contribution in [3.8, 4) is 17.0 Å². The molecule has 35 heavy (non-hydrogen) atoms. The van der Waals surface area contributed by atoms with Crippen molar-refractivity contribution >= 4 is 11.9 Å². The van der Waals surface area contributed by atoms with Crippen LogP contribution in [0.25, 0.3) is 11.3 Å². The molecule has 180 valence electrons. The Hall–Kier alpha value is -3.48. The first-order valence-corrected chi connectivity index (χ1v) is 12.6. The number of amides is 1. The SMILES string of the molecule is O=C(c1cnc(N2CCCCC2)nc1-c1ccccc1F)N(Cc1ccc2c(c1)CCO2)C1CC1. The zero-order valence-electron chi connectivity index (χ0n) is 19.8. The van der Waals surface area contributed by atoms with E-state index in [0.717, 1.165) is 56.5 Å². The maximum Gasteiger partial charge on any atom is 0.258 e. The third-order valence-corrected chi connectivity index (χ3v) is 7.13. The molecule has 2 aliphatic heterocycles. The molecule has 1 amide bonds. The van der Waals surface area contributed by atoms with Gasteiger partial charge in [-0.05, 0) is 61.4 Å². The van der Waals surface area contributed by atoms with Crippen molar-refractivity contribution in [3.05, 3.63) is 71.2 Å². The Labute approximate surface area is 204 Å². The molecule has 3 aliphatic rings. The van der Waals surface area contributed by atoms with Crippen LogP contribution in [0.1, 0.15) is 53.6 Å². The second-order valence-corrected chi connectivity index (χ2v) is 9.66. The molecular weight excluding hydrogens is 443 g/mol. The van der Waals surface area contributed by atoms with Crippen molar-refractivity contribution in [2.45, 2.75) is 51.1 Å². The number of anilines is 1. The minimum Gasteiger partial charge on any atom is -0.493 e. The Morgan fingerprint density at radius 3 is 2.74 bits per heavy atom. The molecule has 6 nitrogen and oxygen atoms in total. The molecule has 0 spiro atoms. The topological polar surface area (TPSA) is 58.6 Å². The number of carbonyl (C=O) groups is 1. The molecule has 0 bridgehead atoms. The molecule has 1 aliphatic carbocycles. The largest absolute Gasteiger partial charge is 0.493 e. The van der Waals surface area contributed by atoms with Gasteiger partial charge in [-0.25, -0.2) is 14.4 Å². The van der Waals surface area contributed by atoms with Crippen LogP contribution < -0.4 is 9.64 Å². The number of halogens is 1. The van der Waals surface area contributed by atoms with E-state index in [2.05, 4.69) is 16.0 Å². The molecule has 3 heterocycles. The third-order valence-electron chi connectivity index (χ3n) is 7.13. The lowest BCUT2D eigenvalue weighted by atomic mass is 10.0. The van der Waals surface area contributed by atoms with Crippen molar-refractivity contribution in [1.82, 2.24) is 14.9 Å². The van der Waals surface area contributed by atoms with Crippen LogP contribution in [-0.4, -0.2) is 46.5 Å². The van der Waals surface area contributed by atoms with Gasteiger partial charge >= 0.3 is 0 Å². The van der Waals surface area contributed by atoms with Gasteiger partial charge in [-0.1, -0.05) is 24.3 Å². The molecule has 0 unspecified atom stereocenters. The number of benzene rings is 2. The molecule has 1 saturated carbocycles. The standard InChI is InChI=1S/C28H29FN4O2/c29-24-7-3-2-6-22(24)26-23(17-30-28(31-26)32-13-4-1-5-14-32)27(34)33(21-9-10-21)18-19-8-11-25-20(16-19)12-15-35-25/h2-3,6-8,11,16-17,21H,1,4-5,9-10,12-15,18H2. The van der Waals surface area contributed by atoms with Crippen LogP contribution in [0, 0.1) is 5.82 Å². The van der Waals surface area contributed by atoms with Crippen LogP contribution >= 0.6 is 0 Å². The Balaban J connectivity index is 1.36. The first-order valence-electron chi connectivity index (χ1n) is 12.6. The van der Waals surface area contributed by atoms with Gasteiger partial charge in [0, 0.05) is 43.9 Å². The van der Waals surface area contributed by atoms with Crippen molar-refractivity contribution < 1.29 is 13.9 Å². The Morgan fingerprint density at radius 1 is 1.11 bits per heavy atom. The van der Waals surface area contributed by atoms with Gasteiger partial charge in [-0.15, -0.1) is 0 Å². The monoisotopic (exact) mass is 472 g/mol. The summed E-state index contributed by atoms with van der Waals surface area (Å²) in [7, 11) is 0. The fourth-order valence-electron chi connectivity index (χ4n) is 5.08. The summed E-state index contributed by atoms with van der Waals surface area (Å²) in [5.74, 6) is 0.965. The Kier molecular flexibility index (Phi) is 5.84. The van der Waals surface area contributed by atoms with Gasteiger partial charge in [0.05, 0.1) is 17.9 Å². The van der Waals surface area contributed by atoms with E-state index in [9.17, 15) is 9.18 Å². The number of ether oxygens (including phenoxy) is 1. The Morgan fingerprint density at radius 2 is 1.94 bits per heavy atom. The summed E-state index contributed by atoms with van der Waals surface area (Å²) in [5, 5.41) is 0. The van der Waals surface area contributed by atoms with Crippen LogP contribution in [0.4, 0.5) is 10.3 Å². The number of hydrogen-bond acceptors (Lipinski definition) is 5. The van der Waals surface area contributed by atoms with Gasteiger partial charge in [-0.2, -0.15) is 0 Å². The van der Waals surface area contributed by atoms with E-state index >= 15 is 0 Å². The van der Waals surface area contributed by atoms with E-state index < -0.39 is 0 Å². The number of rotatable bonds is 6. The van der Waals surface area contributed by atoms with Gasteiger partial charge in [0.25, 0.3) is 5.91 Å². The van der Waals surface area contributed by atoms with Crippen molar-refractivity contribution in [2.24, 2.45) is 0 Å². The lowest BCUT2D eigenvalue weighted by Crippen LogP contribution is -2.34. The molecule has 3 aromatic rings. The average molecular weight is 473 g/mol. The highest BCUT2D eigenvalue weighted by Crippen LogP contribution is 2.34. The number of piperidine rings is 1. The molecule has 0 atom stereocenters. The van der Waals surface area contributed by atoms with E-state index in [1.807, 2.05) is 17.0 Å². The highest BCUT2D eigenvalue weighted by molar-refractivity contribution is 6.00. The first-order chi connectivity index (χ1) is 17.2. The van der Waals surface area contributed by atoms with Gasteiger partial charge in [0.2, 0.25) is 5.95 Å². The average Bonchev–Trinajstić information content (AvgIpc) is 3.64. The first kappa shape index (κ1) is 22.0. The van der Waals surface area contributed by atoms with Crippen molar-refractivity contribution in [3.63, 3.8) is 0 Å². The van der Waals surface area contributed by atoms with Crippen molar-refractivity contribution in [1.29, 1.82) is 0 Å². The quantitative estimate of drug-likeness (QED) is 0.505. The number of carbonyl (C=O) groups excluding carboxylic acids is 1. The normalized spacial score (nSPS) is 17.1. The summed E-state index contributed by atoms with van der Waals surface area (Å²) in [6, 6.07) is 12.9. The van der Waals surface area contributed by atoms with Crippen LogP contribution in [0.2, 0.25) is 0 Å². The second-order valence-electron chi connectivity index (χ2n) is 9.66. The second kappa shape index (κ2) is 9.29. The zero-order chi connectivity index (χ0) is 23.8. The Bertz CT molecular complexity index is 1250. The number of nitrogens with zero attached hydrogens (tertiary/aromatic N) is 4. The molecule has 2 fully saturated rings. The molecule has 2 aromatic carbocycles. The fourth-order valence-corrected chi connectivity index (χ4v) is 5.08. The molecule has 1 saturated heterocycles. The van der Waals surface area contributed by atoms with Gasteiger partial charge in [0.15, 0.2) is 0 Å². The van der Waals surface area contributed by atoms with E-state index in [0.29, 0.717) is 35.9 Å². The highest BCUT2D eigenvalue weighted by Gasteiger charge is 2.35. The highest BCUT2D eigenvalue weighted by atomic mass is 19.1. The van der Waals surface area contributed by atoms with E-state index in [1.165, 1.54) is 18.1 Å². The lowest BCUT2D eigenvalue weighted by Gasteiger charge is -2.28. The van der Waals surface area contributed by atoms with Crippen molar-refractivity contribution in [2.75, 3.05) is 24.6 Å². The van der Waals surface area contributed by atoms with Crippen LogP contribution in [0.5, 0.6) is 5.75 Å². The number of hydrogen-bond donors (Lipinski definition) is 0. The molecule has 0 radical (unpaired) electrons. The maximum absolute atomic E-state index is 14.9. The zero-order valence-corrected chi connectivity index (χ0v) is 19.8. The minimum atomic E-state index is -0.388. The van der Waals surface area contributed by atoms with Crippen LogP contribution in [0.15, 0.2) is 48.7 Å². The minimum absolute atomic E-state index is 0.146. The lowest BCUT2D eigenvalue weighted by molar-refractivity contribution is 0.0730. The van der Waals surface area contributed by atoms with E-state index in [4.69, 9.17) is 9.72 Å². The van der Waals surface area contributed by atoms with Crippen LogP contribution in [0.3, 0.4) is 0 Å².